The third-order valence-corrected chi connectivity index (χ3v) is 4.23. The Kier molecular flexibility index (Phi) is 3.35. The van der Waals surface area contributed by atoms with Gasteiger partial charge in [-0.1, -0.05) is 6.92 Å². The second-order valence-corrected chi connectivity index (χ2v) is 5.92. The lowest BCUT2D eigenvalue weighted by Gasteiger charge is -2.19. The molecule has 19 heavy (non-hydrogen) atoms. The first-order valence-electron chi connectivity index (χ1n) is 6.49. The Hall–Kier alpha value is -1.29. The van der Waals surface area contributed by atoms with Gasteiger partial charge >= 0.3 is 0 Å². The number of ketones is 1. The van der Waals surface area contributed by atoms with Crippen molar-refractivity contribution >= 4 is 27.8 Å². The summed E-state index contributed by atoms with van der Waals surface area (Å²) >= 11 is 3.47. The van der Waals surface area contributed by atoms with Gasteiger partial charge in [0, 0.05) is 5.92 Å². The molecule has 0 saturated heterocycles. The molecule has 1 aromatic rings. The smallest absolute Gasteiger partial charge is 0.231 e. The number of ether oxygens (including phenoxy) is 2. The SMILES string of the molecule is C[C@H]1CCCC(=Cc2cc(Br)c3c(c2)OCO3)C1=O. The molecule has 1 aliphatic carbocycles. The number of hydrogen-bond donors (Lipinski definition) is 0. The Morgan fingerprint density at radius 1 is 1.37 bits per heavy atom. The Bertz CT molecular complexity index is 563. The van der Waals surface area contributed by atoms with E-state index in [2.05, 4.69) is 15.9 Å². The first-order valence-corrected chi connectivity index (χ1v) is 7.28. The van der Waals surface area contributed by atoms with Gasteiger partial charge in [0.1, 0.15) is 0 Å². The maximum Gasteiger partial charge on any atom is 0.231 e. The third kappa shape index (κ3) is 2.41. The summed E-state index contributed by atoms with van der Waals surface area (Å²) in [5, 5.41) is 0. The molecule has 1 atom stereocenters. The van der Waals surface area contributed by atoms with Crippen molar-refractivity contribution in [2.45, 2.75) is 26.2 Å². The van der Waals surface area contributed by atoms with Crippen LogP contribution in [-0.2, 0) is 4.79 Å². The molecule has 3 rings (SSSR count). The van der Waals surface area contributed by atoms with E-state index in [0.717, 1.165) is 46.4 Å². The van der Waals surface area contributed by atoms with Crippen LogP contribution < -0.4 is 9.47 Å². The summed E-state index contributed by atoms with van der Waals surface area (Å²) < 4.78 is 11.6. The second-order valence-electron chi connectivity index (χ2n) is 5.06. The molecule has 4 heteroatoms. The lowest BCUT2D eigenvalue weighted by Crippen LogP contribution is -2.18. The van der Waals surface area contributed by atoms with Gasteiger partial charge < -0.3 is 9.47 Å². The van der Waals surface area contributed by atoms with E-state index in [4.69, 9.17) is 9.47 Å². The summed E-state index contributed by atoms with van der Waals surface area (Å²) in [6, 6.07) is 3.89. The lowest BCUT2D eigenvalue weighted by atomic mass is 9.84. The number of hydrogen-bond acceptors (Lipinski definition) is 3. The largest absolute Gasteiger partial charge is 0.454 e. The maximum absolute atomic E-state index is 12.1. The van der Waals surface area contributed by atoms with Crippen LogP contribution in [0.3, 0.4) is 0 Å². The van der Waals surface area contributed by atoms with Crippen LogP contribution in [0.15, 0.2) is 22.2 Å². The number of rotatable bonds is 1. The monoisotopic (exact) mass is 322 g/mol. The minimum atomic E-state index is 0.150. The summed E-state index contributed by atoms with van der Waals surface area (Å²) in [7, 11) is 0. The highest BCUT2D eigenvalue weighted by Gasteiger charge is 2.23. The van der Waals surface area contributed by atoms with Crippen LogP contribution in [0.2, 0.25) is 0 Å². The van der Waals surface area contributed by atoms with Gasteiger partial charge in [0.05, 0.1) is 4.47 Å². The predicted octanol–water partition coefficient (Wildman–Crippen LogP) is 3.95. The summed E-state index contributed by atoms with van der Waals surface area (Å²) in [5.74, 6) is 1.90. The molecule has 0 radical (unpaired) electrons. The fourth-order valence-corrected chi connectivity index (χ4v) is 3.16. The highest BCUT2D eigenvalue weighted by Crippen LogP contribution is 2.40. The van der Waals surface area contributed by atoms with Gasteiger partial charge in [0.25, 0.3) is 0 Å². The highest BCUT2D eigenvalue weighted by atomic mass is 79.9. The van der Waals surface area contributed by atoms with Gasteiger partial charge in [-0.2, -0.15) is 0 Å². The zero-order chi connectivity index (χ0) is 13.4. The number of carbonyl (C=O) groups excluding carboxylic acids is 1. The average Bonchev–Trinajstić information content (AvgIpc) is 2.84. The lowest BCUT2D eigenvalue weighted by molar-refractivity contribution is -0.119. The topological polar surface area (TPSA) is 35.5 Å². The zero-order valence-corrected chi connectivity index (χ0v) is 12.3. The Balaban J connectivity index is 1.95. The molecule has 1 fully saturated rings. The van der Waals surface area contributed by atoms with Gasteiger partial charge in [-0.3, -0.25) is 4.79 Å². The minimum Gasteiger partial charge on any atom is -0.454 e. The molecule has 0 N–H and O–H groups in total. The van der Waals surface area contributed by atoms with E-state index in [1.54, 1.807) is 0 Å². The van der Waals surface area contributed by atoms with Crippen molar-refractivity contribution in [2.24, 2.45) is 5.92 Å². The molecular weight excluding hydrogens is 308 g/mol. The van der Waals surface area contributed by atoms with Crippen molar-refractivity contribution < 1.29 is 14.3 Å². The van der Waals surface area contributed by atoms with E-state index < -0.39 is 0 Å². The molecule has 0 bridgehead atoms. The van der Waals surface area contributed by atoms with Crippen molar-refractivity contribution in [1.29, 1.82) is 0 Å². The molecule has 1 saturated carbocycles. The fourth-order valence-electron chi connectivity index (χ4n) is 2.58. The summed E-state index contributed by atoms with van der Waals surface area (Å²) in [4.78, 5) is 12.1. The molecule has 0 spiro atoms. The van der Waals surface area contributed by atoms with E-state index in [-0.39, 0.29) is 18.5 Å². The van der Waals surface area contributed by atoms with E-state index in [9.17, 15) is 4.79 Å². The number of halogens is 1. The fraction of sp³-hybridized carbons (Fsp3) is 0.400. The van der Waals surface area contributed by atoms with Crippen molar-refractivity contribution in [3.63, 3.8) is 0 Å². The first kappa shape index (κ1) is 12.7. The van der Waals surface area contributed by atoms with E-state index in [1.807, 2.05) is 25.1 Å². The minimum absolute atomic E-state index is 0.150. The molecule has 0 aromatic heterocycles. The number of carbonyl (C=O) groups is 1. The third-order valence-electron chi connectivity index (χ3n) is 3.64. The average molecular weight is 323 g/mol. The number of benzene rings is 1. The van der Waals surface area contributed by atoms with Crippen LogP contribution in [0.1, 0.15) is 31.7 Å². The highest BCUT2D eigenvalue weighted by molar-refractivity contribution is 9.10. The normalized spacial score (nSPS) is 24.0. The Labute approximate surface area is 120 Å². The van der Waals surface area contributed by atoms with Crippen LogP contribution in [0.5, 0.6) is 11.5 Å². The number of fused-ring (bicyclic) bond motifs is 1. The van der Waals surface area contributed by atoms with Gasteiger partial charge in [0.15, 0.2) is 17.3 Å². The zero-order valence-electron chi connectivity index (χ0n) is 10.7. The standard InChI is InChI=1S/C15H15BrO3/c1-9-3-2-4-11(14(9)17)5-10-6-12(16)15-13(7-10)18-8-19-15/h5-7,9H,2-4,8H2,1H3/t9-/m0/s1. The van der Waals surface area contributed by atoms with Gasteiger partial charge in [-0.15, -0.1) is 0 Å². The molecular formula is C15H15BrO3. The second kappa shape index (κ2) is 5.00. The molecule has 100 valence electrons. The Morgan fingerprint density at radius 2 is 2.21 bits per heavy atom. The molecule has 1 aliphatic heterocycles. The quantitative estimate of drug-likeness (QED) is 0.734. The van der Waals surface area contributed by atoms with Crippen molar-refractivity contribution in [2.75, 3.05) is 6.79 Å². The predicted molar refractivity (Wildman–Crippen MR) is 76.3 cm³/mol. The van der Waals surface area contributed by atoms with Gasteiger partial charge in [-0.05, 0) is 64.5 Å². The molecule has 3 nitrogen and oxygen atoms in total. The first-order chi connectivity index (χ1) is 9.15. The Morgan fingerprint density at radius 3 is 3.05 bits per heavy atom. The molecule has 1 aromatic carbocycles. The van der Waals surface area contributed by atoms with Crippen LogP contribution in [-0.4, -0.2) is 12.6 Å². The van der Waals surface area contributed by atoms with Crippen LogP contribution in [0, 0.1) is 5.92 Å². The van der Waals surface area contributed by atoms with Crippen LogP contribution in [0.25, 0.3) is 6.08 Å². The maximum atomic E-state index is 12.1. The number of allylic oxidation sites excluding steroid dienone is 1. The molecule has 0 amide bonds. The molecule has 0 unspecified atom stereocenters. The van der Waals surface area contributed by atoms with E-state index in [1.165, 1.54) is 0 Å². The van der Waals surface area contributed by atoms with Gasteiger partial charge in [0.2, 0.25) is 6.79 Å². The van der Waals surface area contributed by atoms with Crippen molar-refractivity contribution in [3.8, 4) is 11.5 Å². The number of Topliss-reactive ketones (excluding diaryl/α,β-unsaturated/α-hetero) is 1. The van der Waals surface area contributed by atoms with Crippen molar-refractivity contribution in [3.05, 3.63) is 27.7 Å². The van der Waals surface area contributed by atoms with E-state index >= 15 is 0 Å². The summed E-state index contributed by atoms with van der Waals surface area (Å²) in [6.07, 6.45) is 4.94. The van der Waals surface area contributed by atoms with Crippen LogP contribution >= 0.6 is 15.9 Å². The van der Waals surface area contributed by atoms with Crippen LogP contribution in [0.4, 0.5) is 0 Å². The summed E-state index contributed by atoms with van der Waals surface area (Å²) in [6.45, 7) is 2.26. The van der Waals surface area contributed by atoms with Gasteiger partial charge in [-0.25, -0.2) is 0 Å². The molecule has 1 heterocycles. The van der Waals surface area contributed by atoms with E-state index in [0.29, 0.717) is 0 Å². The summed E-state index contributed by atoms with van der Waals surface area (Å²) in [5.41, 5.74) is 1.90. The van der Waals surface area contributed by atoms with Crippen molar-refractivity contribution in [1.82, 2.24) is 0 Å². The molecule has 2 aliphatic rings.